The first-order valence-electron chi connectivity index (χ1n) is 14.4. The number of pyridine rings is 1. The van der Waals surface area contributed by atoms with E-state index < -0.39 is 11.2 Å². The van der Waals surface area contributed by atoms with E-state index in [1.165, 1.54) is 32.1 Å². The number of benzene rings is 2. The zero-order valence-corrected chi connectivity index (χ0v) is 27.0. The molecule has 1 saturated heterocycles. The highest BCUT2D eigenvalue weighted by atomic mass is 35.5. The monoisotopic (exact) mass is 665 g/mol. The van der Waals surface area contributed by atoms with Gasteiger partial charge < -0.3 is 25.6 Å². The summed E-state index contributed by atoms with van der Waals surface area (Å²) in [5.41, 5.74) is 8.88. The molecule has 0 saturated carbocycles. The molecular weight excluding hydrogens is 633 g/mol. The molecule has 3 aromatic heterocycles. The Hall–Kier alpha value is -4.33. The van der Waals surface area contributed by atoms with Crippen molar-refractivity contribution in [3.63, 3.8) is 0 Å². The summed E-state index contributed by atoms with van der Waals surface area (Å²) in [7, 11) is 4.48. The Morgan fingerprint density at radius 3 is 2.39 bits per heavy atom. The van der Waals surface area contributed by atoms with Gasteiger partial charge in [-0.05, 0) is 25.0 Å². The third kappa shape index (κ3) is 6.62. The summed E-state index contributed by atoms with van der Waals surface area (Å²) in [6.45, 7) is 1.67. The van der Waals surface area contributed by atoms with Crippen molar-refractivity contribution in [1.82, 2.24) is 24.1 Å². The summed E-state index contributed by atoms with van der Waals surface area (Å²) in [5.74, 6) is 0.646. The Balaban J connectivity index is 0.000000527. The molecular formula is C32H33Cl2N7O5. The molecule has 12 nitrogen and oxygen atoms in total. The molecule has 1 fully saturated rings. The number of hydrogen-bond acceptors (Lipinski definition) is 10. The van der Waals surface area contributed by atoms with Crippen molar-refractivity contribution in [2.45, 2.75) is 25.5 Å². The number of aliphatic hydroxyl groups is 1. The van der Waals surface area contributed by atoms with Gasteiger partial charge in [0.2, 0.25) is 5.88 Å². The van der Waals surface area contributed by atoms with E-state index in [1.54, 1.807) is 12.1 Å². The summed E-state index contributed by atoms with van der Waals surface area (Å²) < 4.78 is 12.6. The summed E-state index contributed by atoms with van der Waals surface area (Å²) in [6.07, 6.45) is 3.02. The fourth-order valence-electron chi connectivity index (χ4n) is 5.07. The molecule has 240 valence electrons. The topological polar surface area (TPSA) is 159 Å². The van der Waals surface area contributed by atoms with Crippen molar-refractivity contribution < 1.29 is 14.6 Å². The quantitative estimate of drug-likeness (QED) is 0.237. The molecule has 0 radical (unpaired) electrons. The van der Waals surface area contributed by atoms with Crippen LogP contribution >= 0.6 is 23.2 Å². The van der Waals surface area contributed by atoms with Crippen molar-refractivity contribution in [3.8, 4) is 28.3 Å². The predicted octanol–water partition coefficient (Wildman–Crippen LogP) is 4.43. The van der Waals surface area contributed by atoms with Gasteiger partial charge in [-0.3, -0.25) is 13.9 Å². The van der Waals surface area contributed by atoms with Crippen molar-refractivity contribution in [2.24, 2.45) is 19.8 Å². The van der Waals surface area contributed by atoms with Gasteiger partial charge in [0.25, 0.3) is 5.56 Å². The van der Waals surface area contributed by atoms with Crippen LogP contribution in [0.5, 0.6) is 5.88 Å². The highest BCUT2D eigenvalue weighted by Gasteiger charge is 2.19. The number of aliphatic hydroxyl groups excluding tert-OH is 1. The number of rotatable bonds is 6. The van der Waals surface area contributed by atoms with Crippen molar-refractivity contribution in [1.29, 1.82) is 0 Å². The molecule has 1 atom stereocenters. The molecule has 1 aliphatic rings. The van der Waals surface area contributed by atoms with Crippen LogP contribution in [0.3, 0.4) is 0 Å². The smallest absolute Gasteiger partial charge is 0.332 e. The molecule has 4 N–H and O–H groups in total. The number of aryl methyl sites for hydroxylation is 1. The number of ether oxygens (including phenoxy) is 2. The number of methoxy groups -OCH3 is 1. The van der Waals surface area contributed by atoms with E-state index in [-0.39, 0.29) is 23.0 Å². The molecule has 0 aliphatic carbocycles. The van der Waals surface area contributed by atoms with E-state index in [0.717, 1.165) is 29.6 Å². The molecule has 0 spiro atoms. The van der Waals surface area contributed by atoms with Gasteiger partial charge in [-0.15, -0.1) is 0 Å². The first-order chi connectivity index (χ1) is 22.2. The minimum atomic E-state index is -0.525. The average molecular weight is 667 g/mol. The lowest BCUT2D eigenvalue weighted by molar-refractivity contribution is -0.00535. The standard InChI is InChI=1S/C27H23Cl2N7O3.C5H10O2/c1-35-24-20(26(37)36(2)27(35)38)23(31-13-32-24)33-19-9-5-7-16(22(19)29)15-6-4-8-17(21(15)28)18-11-10-14(12-30)25(34-18)39-3;6-5-2-1-3-7-4-5/h4-11,13H,12,30H2,1-3H3,(H,31,32,33);5-6H,1-4H2. The van der Waals surface area contributed by atoms with E-state index in [9.17, 15) is 9.59 Å². The molecule has 0 bridgehead atoms. The van der Waals surface area contributed by atoms with Crippen LogP contribution in [0.15, 0.2) is 64.4 Å². The van der Waals surface area contributed by atoms with Crippen LogP contribution in [0.1, 0.15) is 18.4 Å². The van der Waals surface area contributed by atoms with Gasteiger partial charge in [-0.25, -0.2) is 19.7 Å². The fourth-order valence-corrected chi connectivity index (χ4v) is 5.67. The van der Waals surface area contributed by atoms with Crippen LogP contribution in [0.25, 0.3) is 33.4 Å². The summed E-state index contributed by atoms with van der Waals surface area (Å²) in [5, 5.41) is 12.9. The molecule has 46 heavy (non-hydrogen) atoms. The Bertz CT molecular complexity index is 2010. The lowest BCUT2D eigenvalue weighted by Crippen LogP contribution is -2.37. The minimum Gasteiger partial charge on any atom is -0.481 e. The Labute approximate surface area is 274 Å². The van der Waals surface area contributed by atoms with Crippen molar-refractivity contribution >= 4 is 45.7 Å². The first-order valence-corrected chi connectivity index (χ1v) is 15.2. The van der Waals surface area contributed by atoms with Gasteiger partial charge in [-0.1, -0.05) is 59.6 Å². The number of nitrogens with two attached hydrogens (primary N) is 1. The summed E-state index contributed by atoms with van der Waals surface area (Å²) >= 11 is 13.8. The molecule has 4 heterocycles. The maximum atomic E-state index is 12.9. The van der Waals surface area contributed by atoms with E-state index in [1.807, 2.05) is 36.4 Å². The van der Waals surface area contributed by atoms with Crippen LogP contribution < -0.4 is 27.0 Å². The first kappa shape index (κ1) is 33.0. The summed E-state index contributed by atoms with van der Waals surface area (Å²) in [6, 6.07) is 14.7. The average Bonchev–Trinajstić information content (AvgIpc) is 3.08. The van der Waals surface area contributed by atoms with Crippen molar-refractivity contribution in [2.75, 3.05) is 25.6 Å². The van der Waals surface area contributed by atoms with E-state index >= 15 is 0 Å². The van der Waals surface area contributed by atoms with Crippen LogP contribution in [0.2, 0.25) is 10.0 Å². The van der Waals surface area contributed by atoms with E-state index in [0.29, 0.717) is 57.1 Å². The normalized spacial score (nSPS) is 14.5. The van der Waals surface area contributed by atoms with Crippen molar-refractivity contribution in [3.05, 3.63) is 91.3 Å². The van der Waals surface area contributed by atoms with Gasteiger partial charge in [0.15, 0.2) is 5.65 Å². The Morgan fingerprint density at radius 2 is 1.74 bits per heavy atom. The van der Waals surface area contributed by atoms with Gasteiger partial charge in [0, 0.05) is 49.5 Å². The Morgan fingerprint density at radius 1 is 1.02 bits per heavy atom. The van der Waals surface area contributed by atoms with E-state index in [2.05, 4.69) is 20.3 Å². The van der Waals surface area contributed by atoms with Gasteiger partial charge in [-0.2, -0.15) is 0 Å². The zero-order valence-electron chi connectivity index (χ0n) is 25.5. The largest absolute Gasteiger partial charge is 0.481 e. The molecule has 6 rings (SSSR count). The van der Waals surface area contributed by atoms with E-state index in [4.69, 9.17) is 43.5 Å². The van der Waals surface area contributed by atoms with Crippen LogP contribution in [-0.4, -0.2) is 55.6 Å². The Kier molecular flexibility index (Phi) is 10.3. The number of nitrogens with zero attached hydrogens (tertiary/aromatic N) is 5. The molecule has 14 heteroatoms. The fraction of sp³-hybridized carbons (Fsp3) is 0.281. The molecule has 5 aromatic rings. The highest BCUT2D eigenvalue weighted by molar-refractivity contribution is 6.39. The molecule has 1 aliphatic heterocycles. The van der Waals surface area contributed by atoms with Crippen LogP contribution in [0, 0.1) is 0 Å². The second-order valence-electron chi connectivity index (χ2n) is 10.5. The number of hydrogen-bond donors (Lipinski definition) is 3. The SMILES string of the molecule is COc1nc(-c2cccc(-c3cccc(Nc4ncnc5c4c(=O)n(C)c(=O)n5C)c3Cl)c2Cl)ccc1CN.OC1CCCOC1. The lowest BCUT2D eigenvalue weighted by Gasteiger charge is -2.16. The molecule has 2 aromatic carbocycles. The number of halogens is 2. The van der Waals surface area contributed by atoms with Gasteiger partial charge in [0.05, 0.1) is 41.2 Å². The third-order valence-corrected chi connectivity index (χ3v) is 8.36. The minimum absolute atomic E-state index is 0.157. The summed E-state index contributed by atoms with van der Waals surface area (Å²) in [4.78, 5) is 38.3. The second-order valence-corrected chi connectivity index (χ2v) is 11.3. The van der Waals surface area contributed by atoms with Crippen LogP contribution in [-0.2, 0) is 25.4 Å². The maximum Gasteiger partial charge on any atom is 0.332 e. The zero-order chi connectivity index (χ0) is 33.0. The maximum absolute atomic E-state index is 12.9. The second kappa shape index (κ2) is 14.4. The number of fused-ring (bicyclic) bond motifs is 1. The van der Waals surface area contributed by atoms with Gasteiger partial charge in [0.1, 0.15) is 17.5 Å². The number of nitrogens with one attached hydrogen (secondary N) is 1. The third-order valence-electron chi connectivity index (χ3n) is 7.54. The number of aromatic nitrogens is 5. The molecule has 1 unspecified atom stereocenters. The molecule has 0 amide bonds. The van der Waals surface area contributed by atoms with Gasteiger partial charge >= 0.3 is 5.69 Å². The number of anilines is 2. The van der Waals surface area contributed by atoms with Crippen LogP contribution in [0.4, 0.5) is 11.5 Å². The lowest BCUT2D eigenvalue weighted by atomic mass is 10.00. The highest BCUT2D eigenvalue weighted by Crippen LogP contribution is 2.42. The predicted molar refractivity (Wildman–Crippen MR) is 179 cm³/mol.